The number of halogens is 3. The van der Waals surface area contributed by atoms with E-state index in [-0.39, 0.29) is 10.9 Å². The van der Waals surface area contributed by atoms with Crippen LogP contribution in [0.3, 0.4) is 0 Å². The summed E-state index contributed by atoms with van der Waals surface area (Å²) in [7, 11) is 1.57. The van der Waals surface area contributed by atoms with E-state index in [0.29, 0.717) is 11.4 Å². The minimum Gasteiger partial charge on any atom is -0.497 e. The third-order valence-corrected chi connectivity index (χ3v) is 3.85. The average molecular weight is 423 g/mol. The van der Waals surface area contributed by atoms with Crippen LogP contribution >= 0.6 is 47.0 Å². The maximum Gasteiger partial charge on any atom is 0.288 e. The highest BCUT2D eigenvalue weighted by molar-refractivity contribution is 7.80. The SMILES string of the molecule is COc1ccc(NC(=S)N[C@H](NC(=O)c2ccco2)C(Cl)(Cl)Cl)cc1. The fraction of sp³-hybridized carbons (Fsp3) is 0.200. The number of thiocarbonyl (C=S) groups is 1. The van der Waals surface area contributed by atoms with E-state index in [1.807, 2.05) is 0 Å². The highest BCUT2D eigenvalue weighted by Crippen LogP contribution is 2.29. The summed E-state index contributed by atoms with van der Waals surface area (Å²) in [4.78, 5) is 12.1. The normalized spacial score (nSPS) is 12.2. The number of alkyl halides is 3. The van der Waals surface area contributed by atoms with Gasteiger partial charge >= 0.3 is 0 Å². The summed E-state index contributed by atoms with van der Waals surface area (Å²) in [6, 6.07) is 10.1. The molecule has 134 valence electrons. The first-order valence-electron chi connectivity index (χ1n) is 6.92. The average Bonchev–Trinajstić information content (AvgIpc) is 3.08. The predicted octanol–water partition coefficient (Wildman–Crippen LogP) is 3.70. The molecule has 0 aliphatic rings. The Morgan fingerprint density at radius 2 is 1.88 bits per heavy atom. The number of furan rings is 1. The molecule has 0 radical (unpaired) electrons. The van der Waals surface area contributed by atoms with Crippen molar-refractivity contribution < 1.29 is 13.9 Å². The Balaban J connectivity index is 2.00. The van der Waals surface area contributed by atoms with Gasteiger partial charge < -0.3 is 25.1 Å². The van der Waals surface area contributed by atoms with Crippen molar-refractivity contribution in [3.05, 3.63) is 48.4 Å². The summed E-state index contributed by atoms with van der Waals surface area (Å²) >= 11 is 22.9. The number of ether oxygens (including phenoxy) is 1. The number of methoxy groups -OCH3 is 1. The molecule has 0 saturated carbocycles. The lowest BCUT2D eigenvalue weighted by molar-refractivity contribution is 0.0906. The first-order chi connectivity index (χ1) is 11.8. The summed E-state index contributed by atoms with van der Waals surface area (Å²) in [6.45, 7) is 0. The molecule has 1 heterocycles. The van der Waals surface area contributed by atoms with Crippen molar-refractivity contribution >= 4 is 63.7 Å². The quantitative estimate of drug-likeness (QED) is 0.387. The van der Waals surface area contributed by atoms with Crippen LogP contribution in [0.2, 0.25) is 0 Å². The second-order valence-corrected chi connectivity index (χ2v) is 7.53. The van der Waals surface area contributed by atoms with Crippen LogP contribution in [0.1, 0.15) is 10.6 Å². The predicted molar refractivity (Wildman–Crippen MR) is 103 cm³/mol. The van der Waals surface area contributed by atoms with Crippen molar-refractivity contribution in [2.24, 2.45) is 0 Å². The van der Waals surface area contributed by atoms with Crippen molar-refractivity contribution in [1.29, 1.82) is 0 Å². The molecular weight excluding hydrogens is 409 g/mol. The van der Waals surface area contributed by atoms with Crippen LogP contribution in [0.5, 0.6) is 5.75 Å². The van der Waals surface area contributed by atoms with Gasteiger partial charge in [-0.15, -0.1) is 0 Å². The highest BCUT2D eigenvalue weighted by Gasteiger charge is 2.35. The van der Waals surface area contributed by atoms with Crippen LogP contribution in [0.15, 0.2) is 47.1 Å². The lowest BCUT2D eigenvalue weighted by atomic mass is 10.3. The zero-order valence-corrected chi connectivity index (χ0v) is 16.0. The maximum absolute atomic E-state index is 12.1. The number of benzene rings is 1. The fourth-order valence-corrected chi connectivity index (χ4v) is 2.35. The van der Waals surface area contributed by atoms with Crippen LogP contribution in [0.25, 0.3) is 0 Å². The molecule has 1 amide bonds. The van der Waals surface area contributed by atoms with E-state index in [2.05, 4.69) is 16.0 Å². The van der Waals surface area contributed by atoms with Crippen LogP contribution in [-0.2, 0) is 0 Å². The van der Waals surface area contributed by atoms with Gasteiger partial charge in [-0.2, -0.15) is 0 Å². The standard InChI is InChI=1S/C15H14Cl3N3O3S/c1-23-10-6-4-9(5-7-10)19-14(25)21-13(15(16,17)18)20-12(22)11-3-2-8-24-11/h2-8,13H,1H3,(H,20,22)(H2,19,21,25)/t13-/m0/s1. The lowest BCUT2D eigenvalue weighted by Crippen LogP contribution is -2.56. The van der Waals surface area contributed by atoms with Crippen molar-refractivity contribution in [3.63, 3.8) is 0 Å². The monoisotopic (exact) mass is 421 g/mol. The molecular formula is C15H14Cl3N3O3S. The largest absolute Gasteiger partial charge is 0.497 e. The Kier molecular flexibility index (Phi) is 6.78. The molecule has 0 aliphatic carbocycles. The molecule has 1 atom stereocenters. The second kappa shape index (κ2) is 8.62. The molecule has 0 aliphatic heterocycles. The summed E-state index contributed by atoms with van der Waals surface area (Å²) in [5.41, 5.74) is 0.693. The minimum absolute atomic E-state index is 0.0788. The fourth-order valence-electron chi connectivity index (χ4n) is 1.78. The molecule has 10 heteroatoms. The molecule has 2 aromatic rings. The second-order valence-electron chi connectivity index (χ2n) is 4.75. The summed E-state index contributed by atoms with van der Waals surface area (Å²) in [5.74, 6) is 0.227. The molecule has 3 N–H and O–H groups in total. The van der Waals surface area contributed by atoms with Gasteiger partial charge in [-0.25, -0.2) is 0 Å². The number of rotatable bonds is 5. The molecule has 1 aromatic heterocycles. The highest BCUT2D eigenvalue weighted by atomic mass is 35.6. The zero-order valence-electron chi connectivity index (χ0n) is 12.9. The van der Waals surface area contributed by atoms with E-state index in [1.54, 1.807) is 37.4 Å². The van der Waals surface area contributed by atoms with Gasteiger partial charge in [-0.1, -0.05) is 34.8 Å². The van der Waals surface area contributed by atoms with Crippen molar-refractivity contribution in [2.45, 2.75) is 9.96 Å². The Morgan fingerprint density at radius 1 is 1.20 bits per heavy atom. The van der Waals surface area contributed by atoms with Gasteiger partial charge in [0.1, 0.15) is 11.9 Å². The first kappa shape index (κ1) is 19.7. The third-order valence-electron chi connectivity index (χ3n) is 2.97. The van der Waals surface area contributed by atoms with E-state index in [4.69, 9.17) is 56.2 Å². The van der Waals surface area contributed by atoms with E-state index >= 15 is 0 Å². The number of carbonyl (C=O) groups excluding carboxylic acids is 1. The van der Waals surface area contributed by atoms with Crippen LogP contribution in [-0.4, -0.2) is 28.1 Å². The number of hydrogen-bond donors (Lipinski definition) is 3. The van der Waals surface area contributed by atoms with Gasteiger partial charge in [0.15, 0.2) is 10.9 Å². The van der Waals surface area contributed by atoms with Crippen LogP contribution in [0.4, 0.5) is 5.69 Å². The molecule has 0 unspecified atom stereocenters. The Hall–Kier alpha value is -1.67. The van der Waals surface area contributed by atoms with Crippen molar-refractivity contribution in [2.75, 3.05) is 12.4 Å². The van der Waals surface area contributed by atoms with Crippen molar-refractivity contribution in [3.8, 4) is 5.75 Å². The Labute approximate surface area is 164 Å². The number of hydrogen-bond acceptors (Lipinski definition) is 4. The van der Waals surface area contributed by atoms with Gasteiger partial charge in [-0.05, 0) is 48.6 Å². The Morgan fingerprint density at radius 3 is 2.40 bits per heavy atom. The first-order valence-corrected chi connectivity index (χ1v) is 8.46. The lowest BCUT2D eigenvalue weighted by Gasteiger charge is -2.27. The topological polar surface area (TPSA) is 75.5 Å². The van der Waals surface area contributed by atoms with Crippen molar-refractivity contribution in [1.82, 2.24) is 10.6 Å². The number of anilines is 1. The number of carbonyl (C=O) groups is 1. The van der Waals surface area contributed by atoms with Gasteiger partial charge in [-0.3, -0.25) is 4.79 Å². The van der Waals surface area contributed by atoms with Gasteiger partial charge in [0.25, 0.3) is 5.91 Å². The van der Waals surface area contributed by atoms with Crippen LogP contribution in [0, 0.1) is 0 Å². The van der Waals surface area contributed by atoms with E-state index in [9.17, 15) is 4.79 Å². The molecule has 0 fully saturated rings. The molecule has 2 rings (SSSR count). The molecule has 0 bridgehead atoms. The summed E-state index contributed by atoms with van der Waals surface area (Å²) in [5, 5.41) is 8.33. The third kappa shape index (κ3) is 5.97. The number of nitrogens with one attached hydrogen (secondary N) is 3. The summed E-state index contributed by atoms with van der Waals surface area (Å²) in [6.07, 6.45) is 0.274. The molecule has 25 heavy (non-hydrogen) atoms. The molecule has 0 spiro atoms. The molecule has 6 nitrogen and oxygen atoms in total. The van der Waals surface area contributed by atoms with Gasteiger partial charge in [0.2, 0.25) is 3.79 Å². The van der Waals surface area contributed by atoms with E-state index in [1.165, 1.54) is 12.3 Å². The zero-order chi connectivity index (χ0) is 18.4. The molecule has 1 aromatic carbocycles. The molecule has 0 saturated heterocycles. The minimum atomic E-state index is -1.85. The maximum atomic E-state index is 12.1. The van der Waals surface area contributed by atoms with Gasteiger partial charge in [0, 0.05) is 5.69 Å². The van der Waals surface area contributed by atoms with Crippen LogP contribution < -0.4 is 20.7 Å². The smallest absolute Gasteiger partial charge is 0.288 e. The number of amides is 1. The summed E-state index contributed by atoms with van der Waals surface area (Å²) < 4.78 is 8.23. The van der Waals surface area contributed by atoms with Gasteiger partial charge in [0.05, 0.1) is 13.4 Å². The van der Waals surface area contributed by atoms with E-state index < -0.39 is 15.9 Å². The Bertz CT molecular complexity index is 718. The van der Waals surface area contributed by atoms with E-state index in [0.717, 1.165) is 0 Å².